The van der Waals surface area contributed by atoms with Crippen molar-refractivity contribution in [2.24, 2.45) is 4.99 Å². The lowest BCUT2D eigenvalue weighted by Gasteiger charge is -2.25. The molecule has 1 aromatic heterocycles. The van der Waals surface area contributed by atoms with Crippen molar-refractivity contribution in [1.82, 2.24) is 24.7 Å². The van der Waals surface area contributed by atoms with E-state index < -0.39 is 0 Å². The summed E-state index contributed by atoms with van der Waals surface area (Å²) >= 11 is 0. The molecule has 7 nitrogen and oxygen atoms in total. The van der Waals surface area contributed by atoms with Crippen LogP contribution < -0.4 is 5.32 Å². The number of aromatic nitrogens is 2. The Bertz CT molecular complexity index is 850. The van der Waals surface area contributed by atoms with E-state index in [0.29, 0.717) is 37.8 Å². The van der Waals surface area contributed by atoms with E-state index in [4.69, 9.17) is 0 Å². The lowest BCUT2D eigenvalue weighted by Crippen LogP contribution is -2.45. The fourth-order valence-corrected chi connectivity index (χ4v) is 3.07. The largest absolute Gasteiger partial charge is 0.357 e. The summed E-state index contributed by atoms with van der Waals surface area (Å²) in [4.78, 5) is 24.7. The minimum Gasteiger partial charge on any atom is -0.357 e. The number of carbonyl (C=O) groups excluding carboxylic acids is 1. The molecular weight excluding hydrogens is 498 g/mol. The van der Waals surface area contributed by atoms with E-state index in [0.717, 1.165) is 11.4 Å². The Morgan fingerprint density at radius 3 is 2.50 bits per heavy atom. The molecule has 2 aromatic rings. The summed E-state index contributed by atoms with van der Waals surface area (Å²) in [7, 11) is 1.83. The van der Waals surface area contributed by atoms with Gasteiger partial charge in [0.2, 0.25) is 5.91 Å². The summed E-state index contributed by atoms with van der Waals surface area (Å²) < 4.78 is 16.3. The molecule has 0 aliphatic rings. The quantitative estimate of drug-likeness (QED) is 0.324. The standard InChI is InChI=1S/C21H31FN6O.HI/c1-6-23-21(26(5)15-20(29)27(7-2)8-3)25-14-17-9-10-19(18(22)13-17)28-12-11-24-16(28)4;/h9-13H,6-8,14-15H2,1-5H3,(H,23,25);1H. The van der Waals surface area contributed by atoms with Crippen molar-refractivity contribution in [3.05, 3.63) is 47.8 Å². The zero-order valence-corrected chi connectivity index (χ0v) is 20.7. The van der Waals surface area contributed by atoms with Gasteiger partial charge in [-0.15, -0.1) is 24.0 Å². The van der Waals surface area contributed by atoms with Crippen LogP contribution >= 0.6 is 24.0 Å². The molecule has 0 atom stereocenters. The van der Waals surface area contributed by atoms with Crippen LogP contribution in [0.15, 0.2) is 35.6 Å². The van der Waals surface area contributed by atoms with Gasteiger partial charge < -0.3 is 19.7 Å². The van der Waals surface area contributed by atoms with Crippen LogP contribution in [0.4, 0.5) is 4.39 Å². The molecule has 2 rings (SSSR count). The van der Waals surface area contributed by atoms with Crippen LogP contribution in [0.5, 0.6) is 0 Å². The summed E-state index contributed by atoms with van der Waals surface area (Å²) in [5, 5.41) is 3.19. The molecule has 0 aliphatic carbocycles. The van der Waals surface area contributed by atoms with E-state index in [9.17, 15) is 9.18 Å². The van der Waals surface area contributed by atoms with Crippen LogP contribution in [0.25, 0.3) is 5.69 Å². The van der Waals surface area contributed by atoms with E-state index in [1.54, 1.807) is 32.8 Å². The number of halogens is 2. The van der Waals surface area contributed by atoms with Crippen LogP contribution in [0.1, 0.15) is 32.2 Å². The van der Waals surface area contributed by atoms with Crippen molar-refractivity contribution in [3.63, 3.8) is 0 Å². The third-order valence-corrected chi connectivity index (χ3v) is 4.69. The summed E-state index contributed by atoms with van der Waals surface area (Å²) in [6.45, 7) is 10.3. The first-order chi connectivity index (χ1) is 13.9. The van der Waals surface area contributed by atoms with Crippen molar-refractivity contribution >= 4 is 35.8 Å². The molecule has 0 radical (unpaired) electrons. The van der Waals surface area contributed by atoms with E-state index in [1.165, 1.54) is 6.07 Å². The van der Waals surface area contributed by atoms with Gasteiger partial charge in [-0.2, -0.15) is 0 Å². The maximum absolute atomic E-state index is 14.6. The third kappa shape index (κ3) is 6.68. The highest BCUT2D eigenvalue weighted by Crippen LogP contribution is 2.17. The van der Waals surface area contributed by atoms with Crippen LogP contribution in [0.2, 0.25) is 0 Å². The molecule has 1 aromatic carbocycles. The van der Waals surface area contributed by atoms with Gasteiger partial charge in [0.15, 0.2) is 5.96 Å². The van der Waals surface area contributed by atoms with Gasteiger partial charge in [-0.05, 0) is 45.4 Å². The van der Waals surface area contributed by atoms with Gasteiger partial charge in [0, 0.05) is 39.1 Å². The maximum Gasteiger partial charge on any atom is 0.242 e. The second-order valence-corrected chi connectivity index (χ2v) is 6.72. The molecule has 0 spiro atoms. The zero-order chi connectivity index (χ0) is 21.4. The highest BCUT2D eigenvalue weighted by atomic mass is 127. The normalized spacial score (nSPS) is 11.1. The molecule has 0 saturated carbocycles. The highest BCUT2D eigenvalue weighted by molar-refractivity contribution is 14.0. The second kappa shape index (κ2) is 12.5. The minimum atomic E-state index is -0.325. The van der Waals surface area contributed by atoms with E-state index in [1.807, 2.05) is 40.8 Å². The second-order valence-electron chi connectivity index (χ2n) is 6.72. The van der Waals surface area contributed by atoms with Gasteiger partial charge in [0.05, 0.1) is 18.8 Å². The lowest BCUT2D eigenvalue weighted by atomic mass is 10.2. The number of nitrogens with zero attached hydrogens (tertiary/aromatic N) is 5. The van der Waals surface area contributed by atoms with Crippen LogP contribution in [-0.4, -0.2) is 64.4 Å². The molecule has 0 unspecified atom stereocenters. The Morgan fingerprint density at radius 1 is 1.27 bits per heavy atom. The van der Waals surface area contributed by atoms with Gasteiger partial charge in [0.1, 0.15) is 11.6 Å². The Balaban J connectivity index is 0.00000450. The number of aryl methyl sites for hydroxylation is 1. The van der Waals surface area contributed by atoms with Gasteiger partial charge in [-0.25, -0.2) is 14.4 Å². The zero-order valence-electron chi connectivity index (χ0n) is 18.4. The average molecular weight is 530 g/mol. The summed E-state index contributed by atoms with van der Waals surface area (Å²) in [5.74, 6) is 1.06. The third-order valence-electron chi connectivity index (χ3n) is 4.69. The van der Waals surface area contributed by atoms with Crippen molar-refractivity contribution in [2.45, 2.75) is 34.2 Å². The Labute approximate surface area is 195 Å². The van der Waals surface area contributed by atoms with Crippen molar-refractivity contribution in [1.29, 1.82) is 0 Å². The monoisotopic (exact) mass is 530 g/mol. The summed E-state index contributed by atoms with van der Waals surface area (Å²) in [5.41, 5.74) is 1.21. The van der Waals surface area contributed by atoms with Crippen LogP contribution in [-0.2, 0) is 11.3 Å². The molecule has 0 aliphatic heterocycles. The topological polar surface area (TPSA) is 65.8 Å². The summed E-state index contributed by atoms with van der Waals surface area (Å²) in [6.07, 6.45) is 3.38. The number of rotatable bonds is 8. The molecule has 1 amide bonds. The Hall–Kier alpha value is -2.17. The molecule has 0 bridgehead atoms. The molecule has 0 fully saturated rings. The first-order valence-electron chi connectivity index (χ1n) is 9.97. The molecule has 166 valence electrons. The molecule has 9 heteroatoms. The number of benzene rings is 1. The molecule has 30 heavy (non-hydrogen) atoms. The predicted octanol–water partition coefficient (Wildman–Crippen LogP) is 3.20. The Kier molecular flexibility index (Phi) is 10.8. The number of nitrogens with one attached hydrogen (secondary N) is 1. The molecule has 0 saturated heterocycles. The van der Waals surface area contributed by atoms with Gasteiger partial charge >= 0.3 is 0 Å². The fourth-order valence-electron chi connectivity index (χ4n) is 3.07. The predicted molar refractivity (Wildman–Crippen MR) is 129 cm³/mol. The lowest BCUT2D eigenvalue weighted by molar-refractivity contribution is -0.131. The minimum absolute atomic E-state index is 0. The smallest absolute Gasteiger partial charge is 0.242 e. The molecule has 1 heterocycles. The van der Waals surface area contributed by atoms with Crippen LogP contribution in [0, 0.1) is 12.7 Å². The number of amides is 1. The number of likely N-dealkylation sites (N-methyl/N-ethyl adjacent to an activating group) is 2. The highest BCUT2D eigenvalue weighted by Gasteiger charge is 2.15. The Morgan fingerprint density at radius 2 is 1.97 bits per heavy atom. The SMILES string of the molecule is CCNC(=NCc1ccc(-n2ccnc2C)c(F)c1)N(C)CC(=O)N(CC)CC.I. The van der Waals surface area contributed by atoms with Gasteiger partial charge in [0.25, 0.3) is 0 Å². The molecule has 1 N–H and O–H groups in total. The number of hydrogen-bond donors (Lipinski definition) is 1. The number of imidazole rings is 1. The number of aliphatic imine (C=N–C) groups is 1. The van der Waals surface area contributed by atoms with E-state index >= 15 is 0 Å². The van der Waals surface area contributed by atoms with Gasteiger partial charge in [-0.3, -0.25) is 4.79 Å². The van der Waals surface area contributed by atoms with Crippen molar-refractivity contribution < 1.29 is 9.18 Å². The summed E-state index contributed by atoms with van der Waals surface area (Å²) in [6, 6.07) is 5.07. The number of guanidine groups is 1. The molecular formula is C21H32FIN6O. The van der Waals surface area contributed by atoms with E-state index in [2.05, 4.69) is 15.3 Å². The van der Waals surface area contributed by atoms with Crippen LogP contribution in [0.3, 0.4) is 0 Å². The average Bonchev–Trinajstić information content (AvgIpc) is 3.11. The first-order valence-corrected chi connectivity index (χ1v) is 9.97. The number of hydrogen-bond acceptors (Lipinski definition) is 3. The maximum atomic E-state index is 14.6. The van der Waals surface area contributed by atoms with Crippen molar-refractivity contribution in [3.8, 4) is 5.69 Å². The van der Waals surface area contributed by atoms with Gasteiger partial charge in [-0.1, -0.05) is 6.07 Å². The fraction of sp³-hybridized carbons (Fsp3) is 0.476. The first kappa shape index (κ1) is 25.9. The van der Waals surface area contributed by atoms with Crippen molar-refractivity contribution in [2.75, 3.05) is 33.2 Å². The van der Waals surface area contributed by atoms with E-state index in [-0.39, 0.29) is 42.2 Å². The number of carbonyl (C=O) groups is 1.